The van der Waals surface area contributed by atoms with Crippen LogP contribution in [0.5, 0.6) is 5.75 Å². The third-order valence-corrected chi connectivity index (χ3v) is 13.6. The van der Waals surface area contributed by atoms with Crippen LogP contribution in [0.2, 0.25) is 5.02 Å². The molecule has 62 heavy (non-hydrogen) atoms. The maximum Gasteiger partial charge on any atom is 0.255 e. The van der Waals surface area contributed by atoms with Crippen LogP contribution in [-0.2, 0) is 25.7 Å². The molecule has 0 spiro atoms. The molecule has 4 aliphatic heterocycles. The monoisotopic (exact) mass is 857 g/mol. The largest absolute Gasteiger partial charge is 0.490 e. The lowest BCUT2D eigenvalue weighted by Crippen LogP contribution is -2.52. The van der Waals surface area contributed by atoms with Gasteiger partial charge in [0.05, 0.1) is 16.9 Å². The van der Waals surface area contributed by atoms with Gasteiger partial charge < -0.3 is 24.8 Å². The van der Waals surface area contributed by atoms with Crippen LogP contribution in [0.3, 0.4) is 0 Å². The first-order chi connectivity index (χ1) is 30.1. The van der Waals surface area contributed by atoms with Gasteiger partial charge in [-0.25, -0.2) is 9.97 Å². The molecule has 0 radical (unpaired) electrons. The number of rotatable bonds is 10. The van der Waals surface area contributed by atoms with Gasteiger partial charge in [-0.1, -0.05) is 66.6 Å². The number of amides is 5. The molecule has 5 amide bonds. The minimum Gasteiger partial charge on any atom is -0.490 e. The van der Waals surface area contributed by atoms with Crippen LogP contribution in [0.15, 0.2) is 79.0 Å². The zero-order valence-electron chi connectivity index (χ0n) is 34.8. The third-order valence-electron chi connectivity index (χ3n) is 13.3. The van der Waals surface area contributed by atoms with E-state index in [0.717, 1.165) is 60.8 Å². The van der Waals surface area contributed by atoms with Gasteiger partial charge in [-0.15, -0.1) is 0 Å². The Balaban J connectivity index is 0.711. The van der Waals surface area contributed by atoms with E-state index in [-0.39, 0.29) is 54.0 Å². The van der Waals surface area contributed by atoms with Gasteiger partial charge in [-0.2, -0.15) is 0 Å². The van der Waals surface area contributed by atoms with Crippen LogP contribution < -0.4 is 15.4 Å². The number of piperidine rings is 3. The zero-order valence-corrected chi connectivity index (χ0v) is 35.5. The summed E-state index contributed by atoms with van der Waals surface area (Å²) >= 11 is 6.62. The normalized spacial score (nSPS) is 22.3. The first kappa shape index (κ1) is 41.5. The Hall–Kier alpha value is -5.82. The highest BCUT2D eigenvalue weighted by Crippen LogP contribution is 2.34. The highest BCUT2D eigenvalue weighted by atomic mass is 35.5. The molecule has 2 N–H and O–H groups in total. The number of nitrogens with one attached hydrogen (secondary N) is 2. The van der Waals surface area contributed by atoms with Crippen molar-refractivity contribution in [2.45, 2.75) is 95.4 Å². The minimum atomic E-state index is -0.657. The van der Waals surface area contributed by atoms with E-state index in [4.69, 9.17) is 21.3 Å². The quantitative estimate of drug-likeness (QED) is 0.162. The lowest BCUT2D eigenvalue weighted by Gasteiger charge is -2.37. The second-order valence-corrected chi connectivity index (χ2v) is 17.8. The van der Waals surface area contributed by atoms with E-state index in [1.165, 1.54) is 4.90 Å². The Labute approximate surface area is 366 Å². The lowest BCUT2D eigenvalue weighted by molar-refractivity contribution is -0.139. The summed E-state index contributed by atoms with van der Waals surface area (Å²) in [6.45, 7) is 2.88. The molecule has 3 saturated heterocycles. The van der Waals surface area contributed by atoms with Crippen LogP contribution >= 0.6 is 11.6 Å². The SMILES string of the molecule is O=C1CCC(N2Cc3cc(OC4CCN(C(=O)CC5CCN(C(=O)C6CCCC(Nc7ncc(Cl)c(-c8cccc(-c9ccccc9)c8)n7)C6)CC5)CC4)ccc3C2=O)C(=O)N1. The molecule has 1 aromatic heterocycles. The maximum absolute atomic E-state index is 13.8. The maximum atomic E-state index is 13.8. The molecule has 5 aliphatic rings. The number of hydrogen-bond donors (Lipinski definition) is 2. The molecular weight excluding hydrogens is 806 g/mol. The second-order valence-electron chi connectivity index (χ2n) is 17.4. The molecule has 3 atom stereocenters. The van der Waals surface area contributed by atoms with Gasteiger partial charge in [0.1, 0.15) is 17.9 Å². The van der Waals surface area contributed by atoms with E-state index >= 15 is 0 Å². The average Bonchev–Trinajstić information content (AvgIpc) is 3.62. The van der Waals surface area contributed by atoms with E-state index in [2.05, 4.69) is 39.9 Å². The highest BCUT2D eigenvalue weighted by molar-refractivity contribution is 6.33. The van der Waals surface area contributed by atoms with Crippen LogP contribution in [-0.4, -0.2) is 98.6 Å². The molecule has 3 aromatic carbocycles. The van der Waals surface area contributed by atoms with Crippen molar-refractivity contribution in [2.24, 2.45) is 11.8 Å². The molecule has 14 heteroatoms. The fourth-order valence-corrected chi connectivity index (χ4v) is 10.1. The summed E-state index contributed by atoms with van der Waals surface area (Å²) in [6.07, 6.45) is 9.14. The van der Waals surface area contributed by atoms with Crippen molar-refractivity contribution >= 4 is 47.1 Å². The van der Waals surface area contributed by atoms with E-state index in [9.17, 15) is 24.0 Å². The summed E-state index contributed by atoms with van der Waals surface area (Å²) in [6, 6.07) is 23.2. The third kappa shape index (κ3) is 9.18. The van der Waals surface area contributed by atoms with Crippen molar-refractivity contribution in [3.8, 4) is 28.1 Å². The van der Waals surface area contributed by atoms with Crippen LogP contribution in [0.25, 0.3) is 22.4 Å². The number of hydrogen-bond acceptors (Lipinski definition) is 9. The number of carbonyl (C=O) groups is 5. The molecule has 0 bridgehead atoms. The molecule has 1 saturated carbocycles. The van der Waals surface area contributed by atoms with Gasteiger partial charge in [0, 0.05) is 81.5 Å². The summed E-state index contributed by atoms with van der Waals surface area (Å²) in [5.74, 6) is 0.781. The number of halogens is 1. The van der Waals surface area contributed by atoms with Gasteiger partial charge >= 0.3 is 0 Å². The predicted octanol–water partition coefficient (Wildman–Crippen LogP) is 6.89. The summed E-state index contributed by atoms with van der Waals surface area (Å²) in [4.78, 5) is 79.2. The van der Waals surface area contributed by atoms with Gasteiger partial charge in [0.25, 0.3) is 5.91 Å². The topological polar surface area (TPSA) is 154 Å². The minimum absolute atomic E-state index is 0.0524. The fraction of sp³-hybridized carbons (Fsp3) is 0.438. The first-order valence-electron chi connectivity index (χ1n) is 22.1. The molecule has 322 valence electrons. The Morgan fingerprint density at radius 2 is 1.58 bits per heavy atom. The average molecular weight is 858 g/mol. The summed E-state index contributed by atoms with van der Waals surface area (Å²) in [5.41, 5.74) is 5.13. The number of nitrogens with zero attached hydrogens (tertiary/aromatic N) is 5. The fourth-order valence-electron chi connectivity index (χ4n) is 9.87. The number of fused-ring (bicyclic) bond motifs is 1. The predicted molar refractivity (Wildman–Crippen MR) is 234 cm³/mol. The van der Waals surface area contributed by atoms with Crippen molar-refractivity contribution in [1.82, 2.24) is 30.0 Å². The highest BCUT2D eigenvalue weighted by Gasteiger charge is 2.40. The van der Waals surface area contributed by atoms with E-state index in [0.29, 0.717) is 86.4 Å². The number of anilines is 1. The van der Waals surface area contributed by atoms with Crippen LogP contribution in [0, 0.1) is 11.8 Å². The molecule has 1 aliphatic carbocycles. The van der Waals surface area contributed by atoms with E-state index < -0.39 is 11.9 Å². The summed E-state index contributed by atoms with van der Waals surface area (Å²) in [5, 5.41) is 6.34. The Morgan fingerprint density at radius 3 is 2.37 bits per heavy atom. The van der Waals surface area contributed by atoms with Crippen molar-refractivity contribution in [3.63, 3.8) is 0 Å². The van der Waals surface area contributed by atoms with E-state index in [1.54, 1.807) is 18.3 Å². The summed E-state index contributed by atoms with van der Waals surface area (Å²) < 4.78 is 6.33. The molecule has 4 aromatic rings. The second kappa shape index (κ2) is 18.3. The van der Waals surface area contributed by atoms with E-state index in [1.807, 2.05) is 46.2 Å². The van der Waals surface area contributed by atoms with Crippen molar-refractivity contribution in [2.75, 3.05) is 31.5 Å². The number of carbonyl (C=O) groups excluding carboxylic acids is 5. The van der Waals surface area contributed by atoms with Crippen molar-refractivity contribution in [1.29, 1.82) is 0 Å². The molecule has 5 heterocycles. The van der Waals surface area contributed by atoms with Gasteiger partial charge in [0.2, 0.25) is 29.6 Å². The molecule has 3 unspecified atom stereocenters. The smallest absolute Gasteiger partial charge is 0.255 e. The Morgan fingerprint density at radius 1 is 0.823 bits per heavy atom. The molecule has 9 rings (SSSR count). The number of likely N-dealkylation sites (tertiary alicyclic amines) is 2. The number of imide groups is 1. The van der Waals surface area contributed by atoms with Crippen molar-refractivity contribution < 1.29 is 28.7 Å². The number of aromatic nitrogens is 2. The Kier molecular flexibility index (Phi) is 12.2. The standard InChI is InChI=1S/C48H52ClN7O6/c49-40-28-50-48(53-44(40)33-9-4-8-32(25-33)31-6-2-1-3-7-31)51-36-11-5-10-34(26-36)46(60)55-20-16-30(17-21-55)24-43(58)54-22-18-37(19-23-54)62-38-12-13-39-35(27-38)29-56(47(39)61)41-14-15-42(57)52-45(41)59/h1-4,6-9,12-13,25,27-28,30,34,36-37,41H,5,10-11,14-24,26,29H2,(H,50,51,53)(H,52,57,59). The first-order valence-corrected chi connectivity index (χ1v) is 22.5. The van der Waals surface area contributed by atoms with Gasteiger partial charge in [0.15, 0.2) is 0 Å². The van der Waals surface area contributed by atoms with Crippen LogP contribution in [0.4, 0.5) is 5.95 Å². The Bertz CT molecular complexity index is 2350. The molecule has 13 nitrogen and oxygen atoms in total. The van der Waals surface area contributed by atoms with Crippen LogP contribution in [0.1, 0.15) is 86.6 Å². The number of benzene rings is 3. The molecular formula is C48H52ClN7O6. The van der Waals surface area contributed by atoms with Crippen molar-refractivity contribution in [3.05, 3.63) is 95.1 Å². The molecule has 4 fully saturated rings. The summed E-state index contributed by atoms with van der Waals surface area (Å²) in [7, 11) is 0. The van der Waals surface area contributed by atoms with Gasteiger partial charge in [-0.05, 0) is 85.4 Å². The number of ether oxygens (including phenoxy) is 1. The van der Waals surface area contributed by atoms with Gasteiger partial charge in [-0.3, -0.25) is 29.3 Å². The lowest BCUT2D eigenvalue weighted by atomic mass is 9.84. The zero-order chi connectivity index (χ0) is 42.7.